The lowest BCUT2D eigenvalue weighted by atomic mass is 9.80. The average molecular weight is 428 g/mol. The molecule has 2 aliphatic rings. The first-order valence-corrected chi connectivity index (χ1v) is 10.6. The maximum absolute atomic E-state index is 12.7. The lowest BCUT2D eigenvalue weighted by Gasteiger charge is -2.44. The molecule has 0 saturated carbocycles. The highest BCUT2D eigenvalue weighted by molar-refractivity contribution is 5.95. The van der Waals surface area contributed by atoms with Gasteiger partial charge in [0.1, 0.15) is 0 Å². The van der Waals surface area contributed by atoms with Crippen molar-refractivity contribution in [1.82, 2.24) is 25.5 Å². The van der Waals surface area contributed by atoms with E-state index in [0.29, 0.717) is 30.2 Å². The molecule has 166 valence electrons. The Morgan fingerprint density at radius 1 is 1.19 bits per heavy atom. The van der Waals surface area contributed by atoms with Crippen molar-refractivity contribution in [2.75, 3.05) is 40.4 Å². The summed E-state index contributed by atoms with van der Waals surface area (Å²) in [6, 6.07) is 4.98. The third kappa shape index (κ3) is 4.23. The fourth-order valence-electron chi connectivity index (χ4n) is 4.51. The molecule has 1 aromatic carbocycles. The molecule has 1 aromatic heterocycles. The molecule has 0 aliphatic carbocycles. The van der Waals surface area contributed by atoms with E-state index in [1.165, 1.54) is 12.8 Å². The summed E-state index contributed by atoms with van der Waals surface area (Å²) < 4.78 is 10.4. The molecule has 9 heteroatoms. The lowest BCUT2D eigenvalue weighted by molar-refractivity contribution is -0.132. The number of methoxy groups -OCH3 is 2. The van der Waals surface area contributed by atoms with Crippen LogP contribution in [-0.2, 0) is 16.8 Å². The van der Waals surface area contributed by atoms with Crippen molar-refractivity contribution in [3.63, 3.8) is 0 Å². The molecule has 2 aliphatic heterocycles. The summed E-state index contributed by atoms with van der Waals surface area (Å²) in [5.41, 5.74) is 2.64. The van der Waals surface area contributed by atoms with Crippen LogP contribution in [0.15, 0.2) is 24.5 Å². The van der Waals surface area contributed by atoms with E-state index < -0.39 is 0 Å². The van der Waals surface area contributed by atoms with Crippen LogP contribution >= 0.6 is 0 Å². The number of carbonyl (C=O) groups excluding carboxylic acids is 2. The topological polar surface area (TPSA) is 109 Å². The molecule has 0 bridgehead atoms. The summed E-state index contributed by atoms with van der Waals surface area (Å²) in [5, 5.41) is 6.45. The lowest BCUT2D eigenvalue weighted by Crippen LogP contribution is -2.55. The molecule has 9 nitrogen and oxygen atoms in total. The zero-order chi connectivity index (χ0) is 21.8. The molecule has 2 aromatic rings. The number of carbonyl (C=O) groups is 2. The predicted octanol–water partition coefficient (Wildman–Crippen LogP) is 1.21. The van der Waals surface area contributed by atoms with Gasteiger partial charge in [0.15, 0.2) is 11.5 Å². The second-order valence-corrected chi connectivity index (χ2v) is 7.95. The van der Waals surface area contributed by atoms with Crippen molar-refractivity contribution in [3.05, 3.63) is 41.5 Å². The Hall–Kier alpha value is -3.07. The fourth-order valence-corrected chi connectivity index (χ4v) is 4.51. The first-order valence-electron chi connectivity index (χ1n) is 10.6. The number of ether oxygens (including phenoxy) is 2. The SMILES string of the molecule is COc1ccc(C(=O)NCCC(=O)N2CCC3(CC2)NCCc2[nH]cnc23)cc1OC. The largest absolute Gasteiger partial charge is 0.493 e. The molecular weight excluding hydrogens is 398 g/mol. The number of aromatic nitrogens is 2. The van der Waals surface area contributed by atoms with E-state index in [4.69, 9.17) is 9.47 Å². The van der Waals surface area contributed by atoms with Crippen LogP contribution in [0.2, 0.25) is 0 Å². The first-order chi connectivity index (χ1) is 15.1. The molecule has 1 spiro atoms. The number of benzene rings is 1. The van der Waals surface area contributed by atoms with Crippen LogP contribution in [0, 0.1) is 0 Å². The average Bonchev–Trinajstić information content (AvgIpc) is 3.29. The van der Waals surface area contributed by atoms with Crippen LogP contribution in [0.1, 0.15) is 41.0 Å². The molecule has 0 unspecified atom stereocenters. The van der Waals surface area contributed by atoms with E-state index in [1.807, 2.05) is 4.90 Å². The number of likely N-dealkylation sites (tertiary alicyclic amines) is 1. The maximum Gasteiger partial charge on any atom is 0.251 e. The van der Waals surface area contributed by atoms with E-state index in [2.05, 4.69) is 20.6 Å². The smallest absolute Gasteiger partial charge is 0.251 e. The molecule has 3 heterocycles. The quantitative estimate of drug-likeness (QED) is 0.640. The van der Waals surface area contributed by atoms with Gasteiger partial charge in [-0.3, -0.25) is 9.59 Å². The van der Waals surface area contributed by atoms with Crippen LogP contribution in [0.25, 0.3) is 0 Å². The molecule has 0 atom stereocenters. The van der Waals surface area contributed by atoms with Gasteiger partial charge in [0, 0.05) is 50.3 Å². The highest BCUT2D eigenvalue weighted by Crippen LogP contribution is 2.35. The van der Waals surface area contributed by atoms with Crippen LogP contribution in [0.5, 0.6) is 11.5 Å². The van der Waals surface area contributed by atoms with Gasteiger partial charge in [-0.2, -0.15) is 0 Å². The third-order valence-electron chi connectivity index (χ3n) is 6.25. The van der Waals surface area contributed by atoms with Gasteiger partial charge in [-0.1, -0.05) is 0 Å². The maximum atomic E-state index is 12.7. The van der Waals surface area contributed by atoms with Gasteiger partial charge in [0.05, 0.1) is 31.8 Å². The van der Waals surface area contributed by atoms with Crippen LogP contribution < -0.4 is 20.1 Å². The number of amides is 2. The Bertz CT molecular complexity index is 949. The van der Waals surface area contributed by atoms with Gasteiger partial charge in [-0.15, -0.1) is 0 Å². The van der Waals surface area contributed by atoms with Gasteiger partial charge in [0.25, 0.3) is 5.91 Å². The summed E-state index contributed by atoms with van der Waals surface area (Å²) in [4.78, 5) is 34.7. The Balaban J connectivity index is 1.26. The van der Waals surface area contributed by atoms with Gasteiger partial charge >= 0.3 is 0 Å². The zero-order valence-corrected chi connectivity index (χ0v) is 18.0. The van der Waals surface area contributed by atoms with Crippen molar-refractivity contribution < 1.29 is 19.1 Å². The first kappa shape index (κ1) is 21.2. The van der Waals surface area contributed by atoms with Crippen LogP contribution in [0.3, 0.4) is 0 Å². The molecule has 2 amide bonds. The summed E-state index contributed by atoms with van der Waals surface area (Å²) >= 11 is 0. The second kappa shape index (κ2) is 8.97. The zero-order valence-electron chi connectivity index (χ0n) is 18.0. The van der Waals surface area contributed by atoms with Gasteiger partial charge in [-0.25, -0.2) is 4.98 Å². The van der Waals surface area contributed by atoms with Crippen LogP contribution in [0.4, 0.5) is 0 Å². The molecule has 0 radical (unpaired) electrons. The van der Waals surface area contributed by atoms with Crippen molar-refractivity contribution in [2.24, 2.45) is 0 Å². The number of aromatic amines is 1. The predicted molar refractivity (Wildman–Crippen MR) is 114 cm³/mol. The number of fused-ring (bicyclic) bond motifs is 2. The Kier molecular flexibility index (Phi) is 6.13. The highest BCUT2D eigenvalue weighted by atomic mass is 16.5. The fraction of sp³-hybridized carbons (Fsp3) is 0.500. The van der Waals surface area contributed by atoms with E-state index in [9.17, 15) is 9.59 Å². The minimum absolute atomic E-state index is 0.0560. The van der Waals surface area contributed by atoms with Gasteiger partial charge in [-0.05, 0) is 31.0 Å². The minimum atomic E-state index is -0.246. The van der Waals surface area contributed by atoms with E-state index in [0.717, 1.165) is 31.5 Å². The summed E-state index contributed by atoms with van der Waals surface area (Å²) in [6.45, 7) is 2.57. The van der Waals surface area contributed by atoms with Crippen molar-refractivity contribution in [3.8, 4) is 11.5 Å². The molecular formula is C22H29N5O4. The van der Waals surface area contributed by atoms with Gasteiger partial charge in [0.2, 0.25) is 5.91 Å². The number of nitrogens with zero attached hydrogens (tertiary/aromatic N) is 2. The van der Waals surface area contributed by atoms with Crippen molar-refractivity contribution in [1.29, 1.82) is 0 Å². The number of piperidine rings is 1. The van der Waals surface area contributed by atoms with Crippen molar-refractivity contribution >= 4 is 11.8 Å². The molecule has 31 heavy (non-hydrogen) atoms. The molecule has 1 fully saturated rings. The standard InChI is InChI=1S/C22H29N5O4/c1-30-17-4-3-15(13-18(17)31-2)21(29)23-9-6-19(28)27-11-7-22(8-12-27)20-16(5-10-26-22)24-14-25-20/h3-4,13-14,26H,5-12H2,1-2H3,(H,23,29)(H,24,25). The van der Waals surface area contributed by atoms with Gasteiger partial charge < -0.3 is 30.0 Å². The molecule has 4 rings (SSSR count). The molecule has 1 saturated heterocycles. The number of hydrogen-bond acceptors (Lipinski definition) is 6. The van der Waals surface area contributed by atoms with Crippen LogP contribution in [-0.4, -0.2) is 67.1 Å². The third-order valence-corrected chi connectivity index (χ3v) is 6.25. The number of nitrogens with one attached hydrogen (secondary N) is 3. The summed E-state index contributed by atoms with van der Waals surface area (Å²) in [6.07, 6.45) is 4.67. The normalized spacial score (nSPS) is 17.2. The van der Waals surface area contributed by atoms with E-state index in [1.54, 1.807) is 31.6 Å². The molecule has 3 N–H and O–H groups in total. The highest BCUT2D eigenvalue weighted by Gasteiger charge is 2.41. The minimum Gasteiger partial charge on any atom is -0.493 e. The number of rotatable bonds is 6. The summed E-state index contributed by atoms with van der Waals surface area (Å²) in [5.74, 6) is 0.862. The number of H-pyrrole nitrogens is 1. The summed E-state index contributed by atoms with van der Waals surface area (Å²) in [7, 11) is 3.07. The number of imidazole rings is 1. The number of hydrogen-bond donors (Lipinski definition) is 3. The van der Waals surface area contributed by atoms with E-state index >= 15 is 0 Å². The Labute approximate surface area is 181 Å². The second-order valence-electron chi connectivity index (χ2n) is 7.95. The monoisotopic (exact) mass is 427 g/mol. The Morgan fingerprint density at radius 3 is 2.71 bits per heavy atom. The van der Waals surface area contributed by atoms with E-state index in [-0.39, 0.29) is 30.3 Å². The van der Waals surface area contributed by atoms with Crippen molar-refractivity contribution in [2.45, 2.75) is 31.2 Å². The Morgan fingerprint density at radius 2 is 1.97 bits per heavy atom.